The first-order valence-electron chi connectivity index (χ1n) is 7.44. The summed E-state index contributed by atoms with van der Waals surface area (Å²) in [4.78, 5) is 16.2. The van der Waals surface area contributed by atoms with Gasteiger partial charge >= 0.3 is 0 Å². The van der Waals surface area contributed by atoms with Gasteiger partial charge in [-0.25, -0.2) is 0 Å². The Morgan fingerprint density at radius 3 is 2.33 bits per heavy atom. The number of benzene rings is 1. The predicted octanol–water partition coefficient (Wildman–Crippen LogP) is 1.53. The van der Waals surface area contributed by atoms with E-state index in [0.29, 0.717) is 6.54 Å². The minimum atomic E-state index is 0. The normalized spacial score (nSPS) is 14.9. The lowest BCUT2D eigenvalue weighted by molar-refractivity contribution is -0.132. The largest absolute Gasteiger partial charge is 0.339 e. The number of hydrogen-bond donors (Lipinski definition) is 1. The third-order valence-corrected chi connectivity index (χ3v) is 3.76. The van der Waals surface area contributed by atoms with Crippen LogP contribution in [-0.4, -0.2) is 55.5 Å². The van der Waals surface area contributed by atoms with Gasteiger partial charge in [0.25, 0.3) is 0 Å². The summed E-state index contributed by atoms with van der Waals surface area (Å²) in [6.07, 6.45) is 1.07. The summed E-state index contributed by atoms with van der Waals surface area (Å²) < 4.78 is 0. The van der Waals surface area contributed by atoms with Crippen LogP contribution in [0.1, 0.15) is 18.1 Å². The van der Waals surface area contributed by atoms with Gasteiger partial charge in [-0.15, -0.1) is 12.4 Å². The van der Waals surface area contributed by atoms with Crippen LogP contribution in [0, 0.1) is 0 Å². The number of likely N-dealkylation sites (N-methyl/N-ethyl adjacent to an activating group) is 1. The van der Waals surface area contributed by atoms with Gasteiger partial charge in [0.05, 0.1) is 6.54 Å². The van der Waals surface area contributed by atoms with E-state index in [2.05, 4.69) is 41.4 Å². The topological polar surface area (TPSA) is 35.6 Å². The van der Waals surface area contributed by atoms with Crippen LogP contribution in [0.3, 0.4) is 0 Å². The minimum Gasteiger partial charge on any atom is -0.339 e. The van der Waals surface area contributed by atoms with Crippen molar-refractivity contribution in [3.8, 4) is 0 Å². The zero-order chi connectivity index (χ0) is 14.4. The van der Waals surface area contributed by atoms with Crippen molar-refractivity contribution in [2.45, 2.75) is 19.9 Å². The molecule has 0 radical (unpaired) electrons. The van der Waals surface area contributed by atoms with Gasteiger partial charge in [-0.2, -0.15) is 0 Å². The number of carbonyl (C=O) groups excluding carboxylic acids is 1. The Morgan fingerprint density at radius 1 is 1.19 bits per heavy atom. The monoisotopic (exact) mass is 311 g/mol. The van der Waals surface area contributed by atoms with Crippen molar-refractivity contribution in [3.05, 3.63) is 35.4 Å². The van der Waals surface area contributed by atoms with E-state index < -0.39 is 0 Å². The number of carbonyl (C=O) groups is 1. The molecule has 1 heterocycles. The molecule has 5 heteroatoms. The quantitative estimate of drug-likeness (QED) is 0.896. The molecule has 4 nitrogen and oxygen atoms in total. The van der Waals surface area contributed by atoms with Gasteiger partial charge in [0.15, 0.2) is 0 Å². The first-order valence-corrected chi connectivity index (χ1v) is 7.44. The smallest absolute Gasteiger partial charge is 0.236 e. The zero-order valence-corrected chi connectivity index (χ0v) is 13.8. The second kappa shape index (κ2) is 9.03. The molecule has 0 unspecified atom stereocenters. The molecule has 0 spiro atoms. The maximum absolute atomic E-state index is 12.2. The molecule has 1 aliphatic rings. The Hall–Kier alpha value is -1.10. The van der Waals surface area contributed by atoms with E-state index in [4.69, 9.17) is 0 Å². The fourth-order valence-electron chi connectivity index (χ4n) is 2.49. The molecule has 21 heavy (non-hydrogen) atoms. The average molecular weight is 312 g/mol. The molecule has 0 bridgehead atoms. The highest BCUT2D eigenvalue weighted by Crippen LogP contribution is 2.07. The minimum absolute atomic E-state index is 0. The fraction of sp³-hybridized carbons (Fsp3) is 0.562. The van der Waals surface area contributed by atoms with Gasteiger partial charge in [-0.1, -0.05) is 31.2 Å². The number of amides is 1. The van der Waals surface area contributed by atoms with Gasteiger partial charge in [0.2, 0.25) is 5.91 Å². The average Bonchev–Trinajstić information content (AvgIpc) is 2.49. The summed E-state index contributed by atoms with van der Waals surface area (Å²) in [7, 11) is 2.01. The Morgan fingerprint density at radius 2 is 1.76 bits per heavy atom. The summed E-state index contributed by atoms with van der Waals surface area (Å²) in [5.41, 5.74) is 2.62. The van der Waals surface area contributed by atoms with Crippen LogP contribution in [0.4, 0.5) is 0 Å². The lowest BCUT2D eigenvalue weighted by atomic mass is 10.1. The number of piperazine rings is 1. The number of nitrogens with zero attached hydrogens (tertiary/aromatic N) is 2. The van der Waals surface area contributed by atoms with E-state index in [1.54, 1.807) is 0 Å². The van der Waals surface area contributed by atoms with Gasteiger partial charge < -0.3 is 10.2 Å². The van der Waals surface area contributed by atoms with Gasteiger partial charge in [-0.3, -0.25) is 9.69 Å². The summed E-state index contributed by atoms with van der Waals surface area (Å²) in [6.45, 7) is 6.96. The molecule has 1 aromatic carbocycles. The molecule has 1 aliphatic heterocycles. The van der Waals surface area contributed by atoms with E-state index in [1.807, 2.05) is 11.9 Å². The second-order valence-electron chi connectivity index (χ2n) is 5.47. The number of halogens is 1. The van der Waals surface area contributed by atoms with Crippen molar-refractivity contribution < 1.29 is 4.79 Å². The molecule has 1 amide bonds. The van der Waals surface area contributed by atoms with Crippen LogP contribution >= 0.6 is 12.4 Å². The van der Waals surface area contributed by atoms with Gasteiger partial charge in [0.1, 0.15) is 0 Å². The van der Waals surface area contributed by atoms with Crippen LogP contribution in [0.5, 0.6) is 0 Å². The van der Waals surface area contributed by atoms with E-state index in [-0.39, 0.29) is 18.3 Å². The summed E-state index contributed by atoms with van der Waals surface area (Å²) in [5, 5.41) is 3.27. The predicted molar refractivity (Wildman–Crippen MR) is 88.9 cm³/mol. The Balaban J connectivity index is 0.00000220. The molecule has 0 aromatic heterocycles. The SMILES string of the molecule is CCc1ccc(CN(C)CC(=O)N2CCNCC2)cc1.Cl. The van der Waals surface area contributed by atoms with Crippen molar-refractivity contribution in [2.24, 2.45) is 0 Å². The molecule has 2 rings (SSSR count). The molecule has 0 atom stereocenters. The number of rotatable bonds is 5. The van der Waals surface area contributed by atoms with E-state index in [1.165, 1.54) is 11.1 Å². The Kier molecular flexibility index (Phi) is 7.72. The summed E-state index contributed by atoms with van der Waals surface area (Å²) in [6, 6.07) is 8.65. The molecule has 1 N–H and O–H groups in total. The van der Waals surface area contributed by atoms with E-state index >= 15 is 0 Å². The maximum atomic E-state index is 12.2. The van der Waals surface area contributed by atoms with Crippen LogP contribution in [0.2, 0.25) is 0 Å². The maximum Gasteiger partial charge on any atom is 0.236 e. The van der Waals surface area contributed by atoms with Crippen LogP contribution in [0.25, 0.3) is 0 Å². The number of aryl methyl sites for hydroxylation is 1. The molecule has 0 aliphatic carbocycles. The third kappa shape index (κ3) is 5.65. The van der Waals surface area contributed by atoms with Gasteiger partial charge in [-0.05, 0) is 24.6 Å². The van der Waals surface area contributed by atoms with Crippen LogP contribution in [0.15, 0.2) is 24.3 Å². The molecule has 1 fully saturated rings. The van der Waals surface area contributed by atoms with E-state index in [9.17, 15) is 4.79 Å². The fourth-order valence-corrected chi connectivity index (χ4v) is 2.49. The Bertz CT molecular complexity index is 430. The molecule has 0 saturated carbocycles. The molecule has 1 aromatic rings. The standard InChI is InChI=1S/C16H25N3O.ClH/c1-3-14-4-6-15(7-5-14)12-18(2)13-16(20)19-10-8-17-9-11-19;/h4-7,17H,3,8-13H2,1-2H3;1H. The first kappa shape index (κ1) is 18.0. The zero-order valence-electron chi connectivity index (χ0n) is 13.0. The van der Waals surface area contributed by atoms with E-state index in [0.717, 1.165) is 39.1 Å². The number of hydrogen-bond acceptors (Lipinski definition) is 3. The van der Waals surface area contributed by atoms with Crippen molar-refractivity contribution >= 4 is 18.3 Å². The molecule has 1 saturated heterocycles. The summed E-state index contributed by atoms with van der Waals surface area (Å²) >= 11 is 0. The first-order chi connectivity index (χ1) is 9.69. The molecular formula is C16H26ClN3O. The molecular weight excluding hydrogens is 286 g/mol. The van der Waals surface area contributed by atoms with Crippen molar-refractivity contribution in [1.29, 1.82) is 0 Å². The highest BCUT2D eigenvalue weighted by molar-refractivity contribution is 5.85. The van der Waals surface area contributed by atoms with Gasteiger partial charge in [0, 0.05) is 32.7 Å². The highest BCUT2D eigenvalue weighted by atomic mass is 35.5. The van der Waals surface area contributed by atoms with Crippen molar-refractivity contribution in [1.82, 2.24) is 15.1 Å². The lowest BCUT2D eigenvalue weighted by Gasteiger charge is -2.29. The summed E-state index contributed by atoms with van der Waals surface area (Å²) in [5.74, 6) is 0.235. The third-order valence-electron chi connectivity index (χ3n) is 3.76. The number of nitrogens with one attached hydrogen (secondary N) is 1. The van der Waals surface area contributed by atoms with Crippen molar-refractivity contribution in [2.75, 3.05) is 39.8 Å². The second-order valence-corrected chi connectivity index (χ2v) is 5.47. The van der Waals surface area contributed by atoms with Crippen LogP contribution < -0.4 is 5.32 Å². The molecule has 118 valence electrons. The highest BCUT2D eigenvalue weighted by Gasteiger charge is 2.17. The van der Waals surface area contributed by atoms with Crippen molar-refractivity contribution in [3.63, 3.8) is 0 Å². The lowest BCUT2D eigenvalue weighted by Crippen LogP contribution is -2.49. The Labute approximate surface area is 133 Å². The van der Waals surface area contributed by atoms with Crippen LogP contribution in [-0.2, 0) is 17.8 Å².